The molecule has 4 rings (SSSR count). The Bertz CT molecular complexity index is 709. The average molecular weight is 375 g/mol. The summed E-state index contributed by atoms with van der Waals surface area (Å²) in [5.74, 6) is 0.812. The van der Waals surface area contributed by atoms with Crippen LogP contribution in [0, 0.1) is 17.7 Å². The number of carbonyl (C=O) groups excluding carboxylic acids is 1. The highest BCUT2D eigenvalue weighted by atomic mass is 35.5. The van der Waals surface area contributed by atoms with Crippen molar-refractivity contribution in [3.8, 4) is 0 Å². The molecule has 0 bridgehead atoms. The lowest BCUT2D eigenvalue weighted by molar-refractivity contribution is 0.0760. The molecular weight excluding hydrogens is 354 g/mol. The number of nitrogens with one attached hydrogen (secondary N) is 2. The summed E-state index contributed by atoms with van der Waals surface area (Å²) >= 11 is 0. The van der Waals surface area contributed by atoms with E-state index in [1.165, 1.54) is 18.5 Å². The first-order valence-electron chi connectivity index (χ1n) is 7.85. The number of rotatable bonds is 1. The lowest BCUT2D eigenvalue weighted by Crippen LogP contribution is -2.33. The van der Waals surface area contributed by atoms with Gasteiger partial charge in [0.05, 0.1) is 17.4 Å². The largest absolute Gasteiger partial charge is 0.344 e. The van der Waals surface area contributed by atoms with Gasteiger partial charge in [-0.05, 0) is 49.9 Å². The lowest BCUT2D eigenvalue weighted by Gasteiger charge is -2.21. The third-order valence-electron chi connectivity index (χ3n) is 5.03. The fourth-order valence-electron chi connectivity index (χ4n) is 3.77. The van der Waals surface area contributed by atoms with Gasteiger partial charge in [0.25, 0.3) is 5.91 Å². The predicted octanol–water partition coefficient (Wildman–Crippen LogP) is 2.62. The van der Waals surface area contributed by atoms with Gasteiger partial charge in [-0.25, -0.2) is 9.37 Å². The molecule has 1 aromatic heterocycles. The first-order chi connectivity index (χ1) is 10.7. The number of amides is 1. The summed E-state index contributed by atoms with van der Waals surface area (Å²) in [5, 5.41) is 3.43. The molecule has 132 valence electrons. The van der Waals surface area contributed by atoms with Crippen molar-refractivity contribution in [2.45, 2.75) is 12.8 Å². The molecule has 1 aromatic carbocycles. The number of nitrogens with zero attached hydrogens (tertiary/aromatic N) is 2. The molecule has 2 aromatic rings. The van der Waals surface area contributed by atoms with E-state index >= 15 is 0 Å². The number of fused-ring (bicyclic) bond motifs is 2. The highest BCUT2D eigenvalue weighted by molar-refractivity contribution is 6.04. The van der Waals surface area contributed by atoms with Gasteiger partial charge in [0.2, 0.25) is 0 Å². The second-order valence-electron chi connectivity index (χ2n) is 6.30. The zero-order chi connectivity index (χ0) is 15.1. The zero-order valence-corrected chi connectivity index (χ0v) is 14.8. The molecule has 2 N–H and O–H groups in total. The van der Waals surface area contributed by atoms with E-state index in [1.807, 2.05) is 4.90 Å². The van der Waals surface area contributed by atoms with Gasteiger partial charge in [0.1, 0.15) is 11.3 Å². The zero-order valence-electron chi connectivity index (χ0n) is 13.1. The van der Waals surface area contributed by atoms with Crippen LogP contribution in [0.25, 0.3) is 11.0 Å². The summed E-state index contributed by atoms with van der Waals surface area (Å²) in [6.45, 7) is 3.58. The number of aromatic nitrogens is 2. The van der Waals surface area contributed by atoms with Crippen molar-refractivity contribution >= 4 is 41.8 Å². The Hall–Kier alpha value is -1.37. The number of imidazole rings is 1. The number of aromatic amines is 1. The minimum atomic E-state index is -0.406. The maximum Gasteiger partial charge on any atom is 0.256 e. The molecule has 2 aliphatic rings. The molecule has 5 nitrogen and oxygen atoms in total. The van der Waals surface area contributed by atoms with Gasteiger partial charge in [-0.3, -0.25) is 4.79 Å². The maximum absolute atomic E-state index is 13.7. The van der Waals surface area contributed by atoms with Crippen LogP contribution in [0.5, 0.6) is 0 Å². The van der Waals surface area contributed by atoms with E-state index in [4.69, 9.17) is 0 Å². The Morgan fingerprint density at radius 2 is 1.83 bits per heavy atom. The Balaban J connectivity index is 0.00000104. The molecule has 0 aliphatic carbocycles. The van der Waals surface area contributed by atoms with Crippen molar-refractivity contribution < 1.29 is 9.18 Å². The molecule has 2 atom stereocenters. The van der Waals surface area contributed by atoms with E-state index in [1.54, 1.807) is 0 Å². The molecule has 0 unspecified atom stereocenters. The third-order valence-corrected chi connectivity index (χ3v) is 5.03. The van der Waals surface area contributed by atoms with Gasteiger partial charge in [-0.1, -0.05) is 0 Å². The van der Waals surface area contributed by atoms with E-state index < -0.39 is 5.82 Å². The van der Waals surface area contributed by atoms with Gasteiger partial charge in [-0.2, -0.15) is 0 Å². The van der Waals surface area contributed by atoms with Crippen LogP contribution in [-0.2, 0) is 0 Å². The number of likely N-dealkylation sites (tertiary alicyclic amines) is 1. The summed E-state index contributed by atoms with van der Waals surface area (Å²) in [6, 6.07) is 2.68. The van der Waals surface area contributed by atoms with Crippen LogP contribution in [0.3, 0.4) is 0 Å². The molecule has 8 heteroatoms. The topological polar surface area (TPSA) is 61.0 Å². The third kappa shape index (κ3) is 3.36. The first-order valence-corrected chi connectivity index (χ1v) is 7.85. The number of hydrogen-bond donors (Lipinski definition) is 2. The highest BCUT2D eigenvalue weighted by Crippen LogP contribution is 2.28. The summed E-state index contributed by atoms with van der Waals surface area (Å²) in [6.07, 6.45) is 3.53. The van der Waals surface area contributed by atoms with Crippen LogP contribution < -0.4 is 5.32 Å². The van der Waals surface area contributed by atoms with Crippen LogP contribution >= 0.6 is 24.8 Å². The molecule has 24 heavy (non-hydrogen) atoms. The van der Waals surface area contributed by atoms with E-state index in [-0.39, 0.29) is 30.7 Å². The number of H-pyrrole nitrogens is 1. The van der Waals surface area contributed by atoms with Crippen LogP contribution in [0.1, 0.15) is 23.2 Å². The lowest BCUT2D eigenvalue weighted by atomic mass is 9.92. The standard InChI is InChI=1S/C16H19FN4O.2ClH/c17-12-5-13(15-14(6-12)19-9-20-15)16(22)21-3-1-10-7-18-8-11(10)2-4-21;;/h5-6,9-11,18H,1-4,7-8H2,(H,19,20);2*1H/t10-,11+;;. The summed E-state index contributed by atoms with van der Waals surface area (Å²) in [7, 11) is 0. The molecule has 0 saturated carbocycles. The number of benzene rings is 1. The van der Waals surface area contributed by atoms with Gasteiger partial charge in [-0.15, -0.1) is 24.8 Å². The Kier molecular flexibility index (Phi) is 6.06. The molecule has 1 amide bonds. The molecule has 2 fully saturated rings. The number of halogens is 3. The van der Waals surface area contributed by atoms with Crippen LogP contribution in [-0.4, -0.2) is 47.0 Å². The summed E-state index contributed by atoms with van der Waals surface area (Å²) in [5.41, 5.74) is 1.48. The SMILES string of the molecule is Cl.Cl.O=C(c1cc(F)cc2[nH]cnc12)N1CC[C@@H]2CNC[C@@H]2CC1. The van der Waals surface area contributed by atoms with Crippen molar-refractivity contribution in [2.75, 3.05) is 26.2 Å². The van der Waals surface area contributed by atoms with Crippen molar-refractivity contribution in [2.24, 2.45) is 11.8 Å². The number of carbonyl (C=O) groups is 1. The van der Waals surface area contributed by atoms with E-state index in [2.05, 4.69) is 15.3 Å². The van der Waals surface area contributed by atoms with Crippen molar-refractivity contribution in [3.63, 3.8) is 0 Å². The maximum atomic E-state index is 13.7. The number of hydrogen-bond acceptors (Lipinski definition) is 3. The van der Waals surface area contributed by atoms with Gasteiger partial charge in [0.15, 0.2) is 0 Å². The van der Waals surface area contributed by atoms with Crippen molar-refractivity contribution in [1.29, 1.82) is 0 Å². The fourth-order valence-corrected chi connectivity index (χ4v) is 3.77. The monoisotopic (exact) mass is 374 g/mol. The summed E-state index contributed by atoms with van der Waals surface area (Å²) < 4.78 is 13.7. The molecule has 0 radical (unpaired) electrons. The molecule has 2 aliphatic heterocycles. The quantitative estimate of drug-likeness (QED) is 0.806. The summed E-state index contributed by atoms with van der Waals surface area (Å²) in [4.78, 5) is 21.7. The minimum absolute atomic E-state index is 0. The predicted molar refractivity (Wildman–Crippen MR) is 95.5 cm³/mol. The smallest absolute Gasteiger partial charge is 0.256 e. The van der Waals surface area contributed by atoms with Crippen LogP contribution in [0.15, 0.2) is 18.5 Å². The van der Waals surface area contributed by atoms with Crippen LogP contribution in [0.4, 0.5) is 4.39 Å². The average Bonchev–Trinajstić information content (AvgIpc) is 3.11. The molecular formula is C16H21Cl2FN4O. The fraction of sp³-hybridized carbons (Fsp3) is 0.500. The van der Waals surface area contributed by atoms with Crippen molar-refractivity contribution in [3.05, 3.63) is 29.8 Å². The van der Waals surface area contributed by atoms with Crippen molar-refractivity contribution in [1.82, 2.24) is 20.2 Å². The first kappa shape index (κ1) is 19.0. The van der Waals surface area contributed by atoms with Gasteiger partial charge < -0.3 is 15.2 Å². The highest BCUT2D eigenvalue weighted by Gasteiger charge is 2.32. The van der Waals surface area contributed by atoms with Gasteiger partial charge in [0, 0.05) is 13.1 Å². The minimum Gasteiger partial charge on any atom is -0.344 e. The van der Waals surface area contributed by atoms with E-state index in [9.17, 15) is 9.18 Å². The second kappa shape index (κ2) is 7.68. The Morgan fingerprint density at radius 1 is 1.17 bits per heavy atom. The van der Waals surface area contributed by atoms with Crippen LogP contribution in [0.2, 0.25) is 0 Å². The van der Waals surface area contributed by atoms with E-state index in [0.29, 0.717) is 28.4 Å². The molecule has 0 spiro atoms. The van der Waals surface area contributed by atoms with E-state index in [0.717, 1.165) is 39.0 Å². The molecule has 3 heterocycles. The molecule has 2 saturated heterocycles. The van der Waals surface area contributed by atoms with Gasteiger partial charge >= 0.3 is 0 Å². The second-order valence-corrected chi connectivity index (χ2v) is 6.30. The Labute approximate surface area is 152 Å². The normalized spacial score (nSPS) is 23.1. The Morgan fingerprint density at radius 3 is 2.50 bits per heavy atom.